The molecule has 1 saturated heterocycles. The van der Waals surface area contributed by atoms with Crippen molar-refractivity contribution in [3.8, 4) is 0 Å². The van der Waals surface area contributed by atoms with Crippen LogP contribution in [0, 0.1) is 0 Å². The largest absolute Gasteiger partial charge is 0.418 e. The van der Waals surface area contributed by atoms with E-state index in [2.05, 4.69) is 15.3 Å². The van der Waals surface area contributed by atoms with Crippen molar-refractivity contribution >= 4 is 17.4 Å². The summed E-state index contributed by atoms with van der Waals surface area (Å²) in [7, 11) is 0. The van der Waals surface area contributed by atoms with Crippen molar-refractivity contribution in [3.63, 3.8) is 0 Å². The number of hydrogen-bond acceptors (Lipinski definition) is 4. The van der Waals surface area contributed by atoms with Gasteiger partial charge in [0.2, 0.25) is 0 Å². The van der Waals surface area contributed by atoms with Crippen molar-refractivity contribution in [2.45, 2.75) is 19.0 Å². The molecule has 126 valence electrons. The van der Waals surface area contributed by atoms with Crippen LogP contribution in [0.4, 0.5) is 24.7 Å². The number of nitrogens with one attached hydrogen (secondary N) is 1. The third-order valence-corrected chi connectivity index (χ3v) is 3.80. The van der Waals surface area contributed by atoms with Gasteiger partial charge in [-0.1, -0.05) is 12.1 Å². The Morgan fingerprint density at radius 1 is 1.12 bits per heavy atom. The van der Waals surface area contributed by atoms with Gasteiger partial charge in [-0.3, -0.25) is 4.79 Å². The quantitative estimate of drug-likeness (QED) is 0.934. The van der Waals surface area contributed by atoms with Crippen LogP contribution < -0.4 is 10.2 Å². The maximum atomic E-state index is 13.0. The first kappa shape index (κ1) is 16.2. The van der Waals surface area contributed by atoms with Crippen LogP contribution in [0.3, 0.4) is 0 Å². The molecule has 8 heteroatoms. The molecule has 3 rings (SSSR count). The molecule has 0 saturated carbocycles. The van der Waals surface area contributed by atoms with E-state index in [0.29, 0.717) is 5.82 Å². The molecule has 1 fully saturated rings. The Bertz CT molecular complexity index is 742. The molecule has 1 aliphatic heterocycles. The Balaban J connectivity index is 1.82. The Labute approximate surface area is 136 Å². The van der Waals surface area contributed by atoms with Crippen LogP contribution in [-0.4, -0.2) is 29.0 Å². The summed E-state index contributed by atoms with van der Waals surface area (Å²) in [4.78, 5) is 22.3. The van der Waals surface area contributed by atoms with Crippen LogP contribution >= 0.6 is 0 Å². The predicted molar refractivity (Wildman–Crippen MR) is 82.9 cm³/mol. The topological polar surface area (TPSA) is 58.1 Å². The van der Waals surface area contributed by atoms with Gasteiger partial charge < -0.3 is 10.2 Å². The Kier molecular flexibility index (Phi) is 4.37. The number of anilines is 2. The Hall–Kier alpha value is -2.64. The lowest BCUT2D eigenvalue weighted by atomic mass is 10.1. The van der Waals surface area contributed by atoms with Crippen LogP contribution in [0.25, 0.3) is 0 Å². The number of hydrogen-bond donors (Lipinski definition) is 1. The summed E-state index contributed by atoms with van der Waals surface area (Å²) in [5.41, 5.74) is -1.16. The number of aromatic nitrogens is 2. The zero-order valence-electron chi connectivity index (χ0n) is 12.7. The summed E-state index contributed by atoms with van der Waals surface area (Å²) in [6, 6.07) is 6.33. The van der Waals surface area contributed by atoms with Gasteiger partial charge in [0.25, 0.3) is 5.91 Å². The fraction of sp³-hybridized carbons (Fsp3) is 0.312. The molecule has 0 radical (unpaired) electrons. The van der Waals surface area contributed by atoms with Crippen molar-refractivity contribution in [2.75, 3.05) is 23.3 Å². The van der Waals surface area contributed by atoms with E-state index in [9.17, 15) is 18.0 Å². The molecule has 1 amide bonds. The Morgan fingerprint density at radius 3 is 2.54 bits per heavy atom. The van der Waals surface area contributed by atoms with Crippen LogP contribution in [0.1, 0.15) is 28.9 Å². The predicted octanol–water partition coefficient (Wildman–Crippen LogP) is 3.35. The van der Waals surface area contributed by atoms with Crippen molar-refractivity contribution < 1.29 is 18.0 Å². The first-order valence-corrected chi connectivity index (χ1v) is 7.50. The first-order chi connectivity index (χ1) is 11.4. The normalized spacial score (nSPS) is 14.7. The molecular formula is C16H15F3N4O. The zero-order valence-corrected chi connectivity index (χ0v) is 12.7. The summed E-state index contributed by atoms with van der Waals surface area (Å²) in [6.07, 6.45) is -1.20. The minimum absolute atomic E-state index is 0.0314. The van der Waals surface area contributed by atoms with Crippen molar-refractivity contribution in [1.29, 1.82) is 0 Å². The third-order valence-electron chi connectivity index (χ3n) is 3.80. The standard InChI is InChI=1S/C16H15F3N4O/c17-16(18,19)11-5-1-2-6-12(11)22-15(24)13-9-14(21-10-20-13)23-7-3-4-8-23/h1-2,5-6,9-10H,3-4,7-8H2,(H,22,24). The average Bonchev–Trinajstić information content (AvgIpc) is 3.09. The number of carbonyl (C=O) groups excluding carboxylic acids is 1. The highest BCUT2D eigenvalue weighted by atomic mass is 19.4. The van der Waals surface area contributed by atoms with E-state index >= 15 is 0 Å². The van der Waals surface area contributed by atoms with Crippen LogP contribution in [0.2, 0.25) is 0 Å². The zero-order chi connectivity index (χ0) is 17.2. The van der Waals surface area contributed by atoms with E-state index < -0.39 is 17.6 Å². The smallest absolute Gasteiger partial charge is 0.357 e. The summed E-state index contributed by atoms with van der Waals surface area (Å²) in [6.45, 7) is 1.68. The molecule has 0 atom stereocenters. The molecule has 1 N–H and O–H groups in total. The minimum Gasteiger partial charge on any atom is -0.357 e. The number of rotatable bonds is 3. The second-order valence-electron chi connectivity index (χ2n) is 5.45. The van der Waals surface area contributed by atoms with E-state index in [-0.39, 0.29) is 11.4 Å². The van der Waals surface area contributed by atoms with E-state index in [1.807, 2.05) is 4.90 Å². The maximum absolute atomic E-state index is 13.0. The van der Waals surface area contributed by atoms with Crippen molar-refractivity contribution in [3.05, 3.63) is 47.9 Å². The average molecular weight is 336 g/mol. The Morgan fingerprint density at radius 2 is 1.83 bits per heavy atom. The lowest BCUT2D eigenvalue weighted by Gasteiger charge is -2.17. The molecular weight excluding hydrogens is 321 g/mol. The van der Waals surface area contributed by atoms with Gasteiger partial charge in [-0.05, 0) is 25.0 Å². The monoisotopic (exact) mass is 336 g/mol. The van der Waals surface area contributed by atoms with Gasteiger partial charge in [-0.25, -0.2) is 9.97 Å². The number of para-hydroxylation sites is 1. The van der Waals surface area contributed by atoms with E-state index in [1.165, 1.54) is 30.6 Å². The molecule has 2 heterocycles. The second kappa shape index (κ2) is 6.46. The van der Waals surface area contributed by atoms with Gasteiger partial charge in [-0.15, -0.1) is 0 Å². The summed E-state index contributed by atoms with van der Waals surface area (Å²) < 4.78 is 39.0. The summed E-state index contributed by atoms with van der Waals surface area (Å²) >= 11 is 0. The maximum Gasteiger partial charge on any atom is 0.418 e. The molecule has 2 aromatic rings. The number of nitrogens with zero attached hydrogens (tertiary/aromatic N) is 3. The van der Waals surface area contributed by atoms with Crippen LogP contribution in [-0.2, 0) is 6.18 Å². The van der Waals surface area contributed by atoms with E-state index in [1.54, 1.807) is 0 Å². The van der Waals surface area contributed by atoms with Gasteiger partial charge in [0, 0.05) is 19.2 Å². The highest BCUT2D eigenvalue weighted by molar-refractivity contribution is 6.03. The molecule has 24 heavy (non-hydrogen) atoms. The SMILES string of the molecule is O=C(Nc1ccccc1C(F)(F)F)c1cc(N2CCCC2)ncn1. The number of alkyl halides is 3. The lowest BCUT2D eigenvalue weighted by molar-refractivity contribution is -0.136. The molecule has 0 aliphatic carbocycles. The van der Waals surface area contributed by atoms with Crippen LogP contribution in [0.5, 0.6) is 0 Å². The number of amides is 1. The highest BCUT2D eigenvalue weighted by Gasteiger charge is 2.33. The van der Waals surface area contributed by atoms with E-state index in [0.717, 1.165) is 32.0 Å². The third kappa shape index (κ3) is 3.47. The van der Waals surface area contributed by atoms with Crippen molar-refractivity contribution in [1.82, 2.24) is 9.97 Å². The van der Waals surface area contributed by atoms with Crippen LogP contribution in [0.15, 0.2) is 36.7 Å². The summed E-state index contributed by atoms with van der Waals surface area (Å²) in [5.74, 6) is -0.0914. The molecule has 0 unspecified atom stereocenters. The fourth-order valence-electron chi connectivity index (χ4n) is 2.62. The van der Waals surface area contributed by atoms with Crippen molar-refractivity contribution in [2.24, 2.45) is 0 Å². The number of carbonyl (C=O) groups is 1. The highest BCUT2D eigenvalue weighted by Crippen LogP contribution is 2.34. The van der Waals surface area contributed by atoms with Gasteiger partial charge in [0.15, 0.2) is 0 Å². The molecule has 0 spiro atoms. The number of halogens is 3. The molecule has 1 aromatic carbocycles. The lowest BCUT2D eigenvalue weighted by Crippen LogP contribution is -2.21. The molecule has 5 nitrogen and oxygen atoms in total. The van der Waals surface area contributed by atoms with E-state index in [4.69, 9.17) is 0 Å². The molecule has 1 aromatic heterocycles. The number of benzene rings is 1. The molecule has 0 bridgehead atoms. The second-order valence-corrected chi connectivity index (χ2v) is 5.45. The fourth-order valence-corrected chi connectivity index (χ4v) is 2.62. The summed E-state index contributed by atoms with van der Waals surface area (Å²) in [5, 5.41) is 2.28. The minimum atomic E-state index is -4.55. The first-order valence-electron chi connectivity index (χ1n) is 7.50. The van der Waals surface area contributed by atoms with Gasteiger partial charge >= 0.3 is 6.18 Å². The molecule has 1 aliphatic rings. The van der Waals surface area contributed by atoms with Gasteiger partial charge in [0.05, 0.1) is 11.3 Å². The van der Waals surface area contributed by atoms with Gasteiger partial charge in [-0.2, -0.15) is 13.2 Å². The van der Waals surface area contributed by atoms with Gasteiger partial charge in [0.1, 0.15) is 17.8 Å².